The summed E-state index contributed by atoms with van der Waals surface area (Å²) in [6.45, 7) is 9.25. The molecule has 1 rings (SSSR count). The van der Waals surface area contributed by atoms with E-state index in [0.29, 0.717) is 25.9 Å². The van der Waals surface area contributed by atoms with Crippen LogP contribution in [0.3, 0.4) is 0 Å². The van der Waals surface area contributed by atoms with E-state index in [1.807, 2.05) is 45.0 Å². The highest BCUT2D eigenvalue weighted by Crippen LogP contribution is 2.15. The summed E-state index contributed by atoms with van der Waals surface area (Å²) in [7, 11) is 0. The van der Waals surface area contributed by atoms with Gasteiger partial charge in [-0.05, 0) is 31.7 Å². The van der Waals surface area contributed by atoms with E-state index >= 15 is 0 Å². The van der Waals surface area contributed by atoms with E-state index in [1.54, 1.807) is 4.90 Å². The quantitative estimate of drug-likeness (QED) is 0.662. The number of benzene rings is 1. The lowest BCUT2D eigenvalue weighted by Crippen LogP contribution is -2.49. The molecular formula is C20H32N2O2. The number of unbranched alkanes of at least 4 members (excludes halogenated alkanes) is 1. The number of carbonyl (C=O) groups excluding carboxylic acids is 2. The van der Waals surface area contributed by atoms with Gasteiger partial charge in [-0.3, -0.25) is 9.59 Å². The van der Waals surface area contributed by atoms with Gasteiger partial charge in [0.1, 0.15) is 6.04 Å². The molecule has 24 heavy (non-hydrogen) atoms. The van der Waals surface area contributed by atoms with Gasteiger partial charge >= 0.3 is 0 Å². The van der Waals surface area contributed by atoms with Crippen LogP contribution in [0.5, 0.6) is 0 Å². The van der Waals surface area contributed by atoms with Gasteiger partial charge in [-0.25, -0.2) is 0 Å². The minimum Gasteiger partial charge on any atom is -0.354 e. The lowest BCUT2D eigenvalue weighted by atomic mass is 10.1. The van der Waals surface area contributed by atoms with Gasteiger partial charge in [0, 0.05) is 19.5 Å². The third kappa shape index (κ3) is 6.34. The third-order valence-corrected chi connectivity index (χ3v) is 4.15. The highest BCUT2D eigenvalue weighted by molar-refractivity contribution is 5.87. The molecule has 0 aromatic heterocycles. The maximum atomic E-state index is 12.6. The number of nitrogens with one attached hydrogen (secondary N) is 1. The Balaban J connectivity index is 2.90. The Bertz CT molecular complexity index is 511. The molecule has 0 fully saturated rings. The average Bonchev–Trinajstić information content (AvgIpc) is 2.57. The summed E-state index contributed by atoms with van der Waals surface area (Å²) >= 11 is 0. The minimum absolute atomic E-state index is 0.0393. The maximum absolute atomic E-state index is 12.6. The summed E-state index contributed by atoms with van der Waals surface area (Å²) in [6, 6.07) is 7.74. The molecule has 0 saturated carbocycles. The second kappa shape index (κ2) is 10.8. The zero-order valence-corrected chi connectivity index (χ0v) is 15.6. The van der Waals surface area contributed by atoms with Crippen LogP contribution in [-0.4, -0.2) is 29.3 Å². The normalized spacial score (nSPS) is 11.8. The largest absolute Gasteiger partial charge is 0.354 e. The zero-order chi connectivity index (χ0) is 17.9. The Hall–Kier alpha value is -1.84. The Labute approximate surface area is 146 Å². The van der Waals surface area contributed by atoms with Crippen LogP contribution in [-0.2, 0) is 16.1 Å². The second-order valence-corrected chi connectivity index (χ2v) is 6.33. The fourth-order valence-corrected chi connectivity index (χ4v) is 2.67. The molecule has 4 heteroatoms. The van der Waals surface area contributed by atoms with Crippen LogP contribution in [0.2, 0.25) is 0 Å². The van der Waals surface area contributed by atoms with Crippen molar-refractivity contribution < 1.29 is 9.59 Å². The van der Waals surface area contributed by atoms with Crippen molar-refractivity contribution in [2.45, 2.75) is 72.4 Å². The molecule has 1 aromatic rings. The summed E-state index contributed by atoms with van der Waals surface area (Å²) in [4.78, 5) is 26.9. The van der Waals surface area contributed by atoms with Gasteiger partial charge in [0.05, 0.1) is 0 Å². The second-order valence-electron chi connectivity index (χ2n) is 6.33. The van der Waals surface area contributed by atoms with Crippen molar-refractivity contribution in [1.29, 1.82) is 0 Å². The van der Waals surface area contributed by atoms with E-state index in [2.05, 4.69) is 12.2 Å². The summed E-state index contributed by atoms with van der Waals surface area (Å²) in [5.74, 6) is 0.0121. The number of hydrogen-bond acceptors (Lipinski definition) is 2. The summed E-state index contributed by atoms with van der Waals surface area (Å²) < 4.78 is 0. The van der Waals surface area contributed by atoms with E-state index < -0.39 is 6.04 Å². The Morgan fingerprint density at radius 1 is 1.08 bits per heavy atom. The maximum Gasteiger partial charge on any atom is 0.242 e. The van der Waals surface area contributed by atoms with Crippen molar-refractivity contribution in [2.75, 3.05) is 6.54 Å². The fourth-order valence-electron chi connectivity index (χ4n) is 2.67. The topological polar surface area (TPSA) is 49.4 Å². The molecule has 0 radical (unpaired) electrons. The first-order valence-corrected chi connectivity index (χ1v) is 9.16. The zero-order valence-electron chi connectivity index (χ0n) is 15.6. The number of carbonyl (C=O) groups is 2. The Morgan fingerprint density at radius 3 is 2.29 bits per heavy atom. The summed E-state index contributed by atoms with van der Waals surface area (Å²) in [5.41, 5.74) is 2.25. The minimum atomic E-state index is -0.401. The van der Waals surface area contributed by atoms with Crippen LogP contribution >= 0.6 is 0 Å². The molecule has 0 heterocycles. The van der Waals surface area contributed by atoms with Crippen LogP contribution in [0.25, 0.3) is 0 Å². The fraction of sp³-hybridized carbons (Fsp3) is 0.600. The molecular weight excluding hydrogens is 300 g/mol. The molecule has 0 aliphatic carbocycles. The third-order valence-electron chi connectivity index (χ3n) is 4.15. The van der Waals surface area contributed by atoms with Gasteiger partial charge in [-0.15, -0.1) is 0 Å². The summed E-state index contributed by atoms with van der Waals surface area (Å²) in [6.07, 6.45) is 3.89. The molecule has 0 aliphatic rings. The molecule has 2 amide bonds. The van der Waals surface area contributed by atoms with Gasteiger partial charge in [-0.2, -0.15) is 0 Å². The number of amides is 2. The molecule has 1 N–H and O–H groups in total. The van der Waals surface area contributed by atoms with E-state index in [4.69, 9.17) is 0 Å². The van der Waals surface area contributed by atoms with Crippen molar-refractivity contribution in [2.24, 2.45) is 0 Å². The predicted octanol–water partition coefficient (Wildman–Crippen LogP) is 3.82. The number of rotatable bonds is 10. The molecule has 1 aromatic carbocycles. The highest BCUT2D eigenvalue weighted by atomic mass is 16.2. The lowest BCUT2D eigenvalue weighted by molar-refractivity contribution is -0.141. The van der Waals surface area contributed by atoms with Crippen molar-refractivity contribution >= 4 is 11.8 Å². The van der Waals surface area contributed by atoms with Crippen molar-refractivity contribution in [3.8, 4) is 0 Å². The number of aryl methyl sites for hydroxylation is 1. The standard InChI is InChI=1S/C20H32N2O2/c1-5-8-14-21-20(24)18(7-3)22(19(23)9-6-2)15-17-12-10-16(4)11-13-17/h10-13,18H,5-9,14-15H2,1-4H3,(H,21,24). The molecule has 134 valence electrons. The molecule has 0 aliphatic heterocycles. The van der Waals surface area contributed by atoms with Gasteiger partial charge < -0.3 is 10.2 Å². The van der Waals surface area contributed by atoms with Crippen LogP contribution in [0.4, 0.5) is 0 Å². The average molecular weight is 332 g/mol. The molecule has 0 spiro atoms. The van der Waals surface area contributed by atoms with E-state index in [0.717, 1.165) is 24.8 Å². The first-order valence-electron chi connectivity index (χ1n) is 9.16. The highest BCUT2D eigenvalue weighted by Gasteiger charge is 2.27. The predicted molar refractivity (Wildman–Crippen MR) is 98.6 cm³/mol. The van der Waals surface area contributed by atoms with Gasteiger partial charge in [0.25, 0.3) is 0 Å². The Kier molecular flexibility index (Phi) is 9.13. The van der Waals surface area contributed by atoms with Crippen molar-refractivity contribution in [3.05, 3.63) is 35.4 Å². The van der Waals surface area contributed by atoms with E-state index in [1.165, 1.54) is 5.56 Å². The van der Waals surface area contributed by atoms with Crippen molar-refractivity contribution in [1.82, 2.24) is 10.2 Å². The van der Waals surface area contributed by atoms with Gasteiger partial charge in [0.2, 0.25) is 11.8 Å². The smallest absolute Gasteiger partial charge is 0.242 e. The SMILES string of the molecule is CCCCNC(=O)C(CC)N(Cc1ccc(C)cc1)C(=O)CCC. The van der Waals surface area contributed by atoms with Crippen LogP contribution < -0.4 is 5.32 Å². The van der Waals surface area contributed by atoms with E-state index in [-0.39, 0.29) is 11.8 Å². The number of hydrogen-bond donors (Lipinski definition) is 1. The molecule has 4 nitrogen and oxygen atoms in total. The number of nitrogens with zero attached hydrogens (tertiary/aromatic N) is 1. The lowest BCUT2D eigenvalue weighted by Gasteiger charge is -2.30. The first kappa shape index (κ1) is 20.2. The molecule has 0 saturated heterocycles. The first-order chi connectivity index (χ1) is 11.5. The van der Waals surface area contributed by atoms with E-state index in [9.17, 15) is 9.59 Å². The van der Waals surface area contributed by atoms with Crippen LogP contribution in [0.15, 0.2) is 24.3 Å². The van der Waals surface area contributed by atoms with Crippen LogP contribution in [0, 0.1) is 6.92 Å². The molecule has 1 atom stereocenters. The van der Waals surface area contributed by atoms with Crippen molar-refractivity contribution in [3.63, 3.8) is 0 Å². The molecule has 1 unspecified atom stereocenters. The summed E-state index contributed by atoms with van der Waals surface area (Å²) in [5, 5.41) is 2.97. The Morgan fingerprint density at radius 2 is 1.75 bits per heavy atom. The monoisotopic (exact) mass is 332 g/mol. The van der Waals surface area contributed by atoms with Crippen LogP contribution in [0.1, 0.15) is 64.0 Å². The van der Waals surface area contributed by atoms with Gasteiger partial charge in [0.15, 0.2) is 0 Å². The molecule has 0 bridgehead atoms. The van der Waals surface area contributed by atoms with Gasteiger partial charge in [-0.1, -0.05) is 57.0 Å².